The Labute approximate surface area is 109 Å². The normalized spacial score (nSPS) is 11.7. The Kier molecular flexibility index (Phi) is 4.68. The number of hydrogen-bond donors (Lipinski definition) is 0. The van der Waals surface area contributed by atoms with Crippen molar-refractivity contribution in [3.63, 3.8) is 0 Å². The van der Waals surface area contributed by atoms with Crippen molar-refractivity contribution in [1.29, 1.82) is 0 Å². The molecule has 1 heterocycles. The number of rotatable bonds is 5. The quantitative estimate of drug-likeness (QED) is 0.347. The molecule has 0 spiro atoms. The van der Waals surface area contributed by atoms with E-state index >= 15 is 0 Å². The van der Waals surface area contributed by atoms with Gasteiger partial charge in [0.05, 0.1) is 17.1 Å². The van der Waals surface area contributed by atoms with E-state index in [9.17, 15) is 19.7 Å². The number of hydrogen-bond acceptors (Lipinski definition) is 6. The highest BCUT2D eigenvalue weighted by atomic mass is 16.6. The molecule has 0 amide bonds. The molecule has 7 nitrogen and oxygen atoms in total. The van der Waals surface area contributed by atoms with Gasteiger partial charge in [-0.05, 0) is 20.8 Å². The van der Waals surface area contributed by atoms with Crippen molar-refractivity contribution < 1.29 is 19.2 Å². The molecule has 0 aromatic carbocycles. The second-order valence-corrected chi connectivity index (χ2v) is 3.94. The second-order valence-electron chi connectivity index (χ2n) is 3.94. The van der Waals surface area contributed by atoms with Gasteiger partial charge in [0.25, 0.3) is 5.69 Å². The lowest BCUT2D eigenvalue weighted by Gasteiger charge is -2.13. The lowest BCUT2D eigenvalue weighted by molar-refractivity contribution is -0.385. The van der Waals surface area contributed by atoms with Crippen LogP contribution in [0, 0.1) is 17.0 Å². The smallest absolute Gasteiger partial charge is 0.321 e. The fraction of sp³-hybridized carbons (Fsp3) is 0.417. The van der Waals surface area contributed by atoms with Gasteiger partial charge in [-0.3, -0.25) is 24.7 Å². The topological polar surface area (TPSA) is 99.4 Å². The number of carbonyl (C=O) groups is 2. The summed E-state index contributed by atoms with van der Waals surface area (Å²) in [6.07, 6.45) is 1.18. The molecule has 1 aromatic rings. The van der Waals surface area contributed by atoms with Gasteiger partial charge in [-0.1, -0.05) is 0 Å². The Hall–Kier alpha value is -2.31. The number of nitro groups is 1. The average molecular weight is 266 g/mol. The Morgan fingerprint density at radius 2 is 2.16 bits per heavy atom. The number of aromatic nitrogens is 1. The lowest BCUT2D eigenvalue weighted by Crippen LogP contribution is -2.23. The van der Waals surface area contributed by atoms with Gasteiger partial charge in [-0.2, -0.15) is 0 Å². The molecule has 1 unspecified atom stereocenters. The summed E-state index contributed by atoms with van der Waals surface area (Å²) < 4.78 is 4.77. The summed E-state index contributed by atoms with van der Waals surface area (Å²) in [5, 5.41) is 11.0. The van der Waals surface area contributed by atoms with Crippen LogP contribution >= 0.6 is 0 Å². The summed E-state index contributed by atoms with van der Waals surface area (Å²) in [7, 11) is 0. The maximum absolute atomic E-state index is 11.8. The maximum Gasteiger partial charge on any atom is 0.321 e. The summed E-state index contributed by atoms with van der Waals surface area (Å²) in [6.45, 7) is 4.46. The largest absolute Gasteiger partial charge is 0.465 e. The first-order valence-electron chi connectivity index (χ1n) is 5.66. The van der Waals surface area contributed by atoms with E-state index in [2.05, 4.69) is 4.98 Å². The summed E-state index contributed by atoms with van der Waals surface area (Å²) in [4.78, 5) is 37.6. The van der Waals surface area contributed by atoms with Gasteiger partial charge in [0.2, 0.25) is 0 Å². The van der Waals surface area contributed by atoms with Crippen LogP contribution in [0.15, 0.2) is 12.3 Å². The molecule has 19 heavy (non-hydrogen) atoms. The molecular weight excluding hydrogens is 252 g/mol. The van der Waals surface area contributed by atoms with Crippen molar-refractivity contribution in [1.82, 2.24) is 4.98 Å². The van der Waals surface area contributed by atoms with Gasteiger partial charge in [-0.15, -0.1) is 0 Å². The van der Waals surface area contributed by atoms with Crippen molar-refractivity contribution in [2.24, 2.45) is 0 Å². The molecule has 0 N–H and O–H groups in total. The predicted octanol–water partition coefficient (Wildman–Crippen LogP) is 1.53. The standard InChI is InChI=1S/C12H14N2O5/c1-4-19-12(16)11(8(3)15)9-6-13-7(2)5-10(9)14(17)18/h5-6,11H,4H2,1-3H3. The maximum atomic E-state index is 11.8. The highest BCUT2D eigenvalue weighted by molar-refractivity contribution is 6.04. The van der Waals surface area contributed by atoms with Gasteiger partial charge in [0, 0.05) is 18.0 Å². The van der Waals surface area contributed by atoms with Crippen LogP contribution in [0.2, 0.25) is 0 Å². The molecule has 0 aliphatic heterocycles. The van der Waals surface area contributed by atoms with Crippen LogP contribution in [0.3, 0.4) is 0 Å². The van der Waals surface area contributed by atoms with E-state index in [0.717, 1.165) is 0 Å². The van der Waals surface area contributed by atoms with E-state index in [1.54, 1.807) is 13.8 Å². The first kappa shape index (κ1) is 14.7. The molecule has 1 rings (SSSR count). The zero-order valence-electron chi connectivity index (χ0n) is 10.9. The SMILES string of the molecule is CCOC(=O)C(C(C)=O)c1cnc(C)cc1[N+](=O)[O-]. The van der Waals surface area contributed by atoms with Crippen molar-refractivity contribution >= 4 is 17.4 Å². The first-order valence-corrected chi connectivity index (χ1v) is 5.66. The van der Waals surface area contributed by atoms with Gasteiger partial charge in [-0.25, -0.2) is 0 Å². The summed E-state index contributed by atoms with van der Waals surface area (Å²) >= 11 is 0. The number of carbonyl (C=O) groups excluding carboxylic acids is 2. The van der Waals surface area contributed by atoms with Crippen LogP contribution in [0.5, 0.6) is 0 Å². The van der Waals surface area contributed by atoms with Crippen LogP contribution in [-0.4, -0.2) is 28.3 Å². The zero-order chi connectivity index (χ0) is 14.6. The van der Waals surface area contributed by atoms with Crippen molar-refractivity contribution in [2.45, 2.75) is 26.7 Å². The van der Waals surface area contributed by atoms with Crippen LogP contribution in [0.4, 0.5) is 5.69 Å². The van der Waals surface area contributed by atoms with Crippen molar-refractivity contribution in [3.8, 4) is 0 Å². The van der Waals surface area contributed by atoms with E-state index in [1.807, 2.05) is 0 Å². The Balaban J connectivity index is 3.34. The molecule has 0 aliphatic rings. The number of esters is 1. The van der Waals surface area contributed by atoms with E-state index < -0.39 is 22.6 Å². The molecule has 0 bridgehead atoms. The molecule has 1 aromatic heterocycles. The number of pyridine rings is 1. The lowest BCUT2D eigenvalue weighted by atomic mass is 9.95. The highest BCUT2D eigenvalue weighted by Crippen LogP contribution is 2.28. The minimum atomic E-state index is -1.31. The van der Waals surface area contributed by atoms with Gasteiger partial charge in [0.1, 0.15) is 11.7 Å². The number of ketones is 1. The molecule has 102 valence electrons. The van der Waals surface area contributed by atoms with Crippen LogP contribution in [0.1, 0.15) is 31.0 Å². The van der Waals surface area contributed by atoms with Gasteiger partial charge < -0.3 is 4.74 Å². The van der Waals surface area contributed by atoms with E-state index in [4.69, 9.17) is 4.74 Å². The number of nitrogens with zero attached hydrogens (tertiary/aromatic N) is 2. The molecule has 7 heteroatoms. The molecule has 0 fully saturated rings. The van der Waals surface area contributed by atoms with Gasteiger partial charge >= 0.3 is 5.97 Å². The Morgan fingerprint density at radius 1 is 1.53 bits per heavy atom. The van der Waals surface area contributed by atoms with Crippen LogP contribution in [-0.2, 0) is 14.3 Å². The van der Waals surface area contributed by atoms with Gasteiger partial charge in [0.15, 0.2) is 0 Å². The van der Waals surface area contributed by atoms with E-state index in [0.29, 0.717) is 5.69 Å². The number of Topliss-reactive ketones (excluding diaryl/α,β-unsaturated/α-hetero) is 1. The summed E-state index contributed by atoms with van der Waals surface area (Å²) in [6, 6.07) is 1.23. The average Bonchev–Trinajstić information content (AvgIpc) is 2.31. The van der Waals surface area contributed by atoms with E-state index in [1.165, 1.54) is 19.2 Å². The number of ether oxygens (including phenoxy) is 1. The third kappa shape index (κ3) is 3.34. The molecule has 0 saturated heterocycles. The monoisotopic (exact) mass is 266 g/mol. The summed E-state index contributed by atoms with van der Waals surface area (Å²) in [5.41, 5.74) is 0.0870. The zero-order valence-corrected chi connectivity index (χ0v) is 10.9. The minimum absolute atomic E-state index is 0.0402. The Morgan fingerprint density at radius 3 is 2.63 bits per heavy atom. The van der Waals surface area contributed by atoms with E-state index in [-0.39, 0.29) is 17.9 Å². The molecule has 0 aliphatic carbocycles. The molecular formula is C12H14N2O5. The minimum Gasteiger partial charge on any atom is -0.465 e. The molecule has 1 atom stereocenters. The Bertz CT molecular complexity index is 527. The molecule has 0 radical (unpaired) electrons. The first-order chi connectivity index (χ1) is 8.88. The third-order valence-electron chi connectivity index (χ3n) is 2.49. The van der Waals surface area contributed by atoms with Crippen LogP contribution < -0.4 is 0 Å². The summed E-state index contributed by atoms with van der Waals surface area (Å²) in [5.74, 6) is -2.63. The highest BCUT2D eigenvalue weighted by Gasteiger charge is 2.33. The predicted molar refractivity (Wildman–Crippen MR) is 65.7 cm³/mol. The molecule has 0 saturated carbocycles. The second kappa shape index (κ2) is 6.03. The van der Waals surface area contributed by atoms with Crippen LogP contribution in [0.25, 0.3) is 0 Å². The fourth-order valence-corrected chi connectivity index (χ4v) is 1.67. The number of aryl methyl sites for hydroxylation is 1. The van der Waals surface area contributed by atoms with Crippen molar-refractivity contribution in [3.05, 3.63) is 33.6 Å². The fourth-order valence-electron chi connectivity index (χ4n) is 1.67. The van der Waals surface area contributed by atoms with Crippen molar-refractivity contribution in [2.75, 3.05) is 6.61 Å². The third-order valence-corrected chi connectivity index (χ3v) is 2.49.